The minimum atomic E-state index is -1.08. The Kier molecular flexibility index (Phi) is 13.8. The van der Waals surface area contributed by atoms with Crippen LogP contribution < -0.4 is 16.8 Å². The number of nitrogens with two attached hydrogens (primary N) is 2. The number of aliphatic hydroxyl groups excluding tert-OH is 2. The molecule has 0 amide bonds. The number of carboxylic acid groups (broad SMARTS) is 1. The van der Waals surface area contributed by atoms with Crippen LogP contribution in [-0.2, 0) is 20.8 Å². The number of H-pyrrole nitrogens is 1. The second-order valence-corrected chi connectivity index (χ2v) is 15.9. The first-order valence-corrected chi connectivity index (χ1v) is 20.0. The zero-order valence-corrected chi connectivity index (χ0v) is 31.6. The number of aromatic amines is 1. The molecule has 2 aliphatic carbocycles. The van der Waals surface area contributed by atoms with E-state index in [1.807, 2.05) is 24.4 Å². The number of guanidine groups is 1. The third-order valence-corrected chi connectivity index (χ3v) is 12.3. The molecule has 2 aromatic carbocycles. The highest BCUT2D eigenvalue weighted by Crippen LogP contribution is 2.57. The first-order valence-electron chi connectivity index (χ1n) is 20.0. The molecule has 0 spiro atoms. The summed E-state index contributed by atoms with van der Waals surface area (Å²) in [7, 11) is 0. The van der Waals surface area contributed by atoms with E-state index in [0.717, 1.165) is 73.9 Å². The van der Waals surface area contributed by atoms with Gasteiger partial charge in [0, 0.05) is 31.1 Å². The molecule has 0 radical (unpaired) electrons. The second kappa shape index (κ2) is 18.9. The summed E-state index contributed by atoms with van der Waals surface area (Å²) in [4.78, 5) is 43.5. The van der Waals surface area contributed by atoms with E-state index in [0.29, 0.717) is 49.4 Å². The van der Waals surface area contributed by atoms with Crippen LogP contribution in [0.3, 0.4) is 0 Å². The summed E-state index contributed by atoms with van der Waals surface area (Å²) >= 11 is 0. The zero-order valence-electron chi connectivity index (χ0n) is 31.6. The summed E-state index contributed by atoms with van der Waals surface area (Å²) in [5, 5.41) is 40.1. The molecular formula is C43H57N6O6-. The van der Waals surface area contributed by atoms with Crippen LogP contribution in [0.5, 0.6) is 0 Å². The molecule has 2 bridgehead atoms. The maximum Gasteiger partial charge on any atom is 0.328 e. The number of rotatable bonds is 20. The molecule has 0 saturated heterocycles. The number of carbonyl (C=O) groups excluding carboxylic acids is 2. The van der Waals surface area contributed by atoms with Crippen LogP contribution in [0.4, 0.5) is 5.82 Å². The summed E-state index contributed by atoms with van der Waals surface area (Å²) in [5.74, 6) is 0.319. The quantitative estimate of drug-likeness (QED) is 0.0572. The molecule has 0 unspecified atom stereocenters. The Morgan fingerprint density at radius 1 is 1.00 bits per heavy atom. The van der Waals surface area contributed by atoms with Crippen molar-refractivity contribution in [1.82, 2.24) is 10.3 Å². The van der Waals surface area contributed by atoms with Crippen molar-refractivity contribution in [1.29, 1.82) is 0 Å². The highest BCUT2D eigenvalue weighted by atomic mass is 16.4. The largest absolute Gasteiger partial charge is 0.478 e. The zero-order chi connectivity index (χ0) is 38.9. The van der Waals surface area contributed by atoms with Gasteiger partial charge in [-0.15, -0.1) is 0 Å². The van der Waals surface area contributed by atoms with E-state index in [1.54, 1.807) is 0 Å². The topological polar surface area (TPSA) is 218 Å². The molecule has 55 heavy (non-hydrogen) atoms. The van der Waals surface area contributed by atoms with E-state index >= 15 is 0 Å². The lowest BCUT2D eigenvalue weighted by atomic mass is 9.56. The Bertz CT molecular complexity index is 1830. The monoisotopic (exact) mass is 753 g/mol. The maximum absolute atomic E-state index is 12.6. The molecule has 6 rings (SSSR count). The summed E-state index contributed by atoms with van der Waals surface area (Å²) in [6.07, 6.45) is 13.8. The Hall–Kier alpha value is -4.52. The van der Waals surface area contributed by atoms with Crippen molar-refractivity contribution >= 4 is 41.1 Å². The van der Waals surface area contributed by atoms with E-state index in [4.69, 9.17) is 16.8 Å². The molecule has 9 N–H and O–H groups in total. The summed E-state index contributed by atoms with van der Waals surface area (Å²) in [6.45, 7) is -0.0911. The molecule has 1 saturated carbocycles. The van der Waals surface area contributed by atoms with Crippen molar-refractivity contribution in [2.24, 2.45) is 34.2 Å². The van der Waals surface area contributed by atoms with Crippen LogP contribution >= 0.6 is 0 Å². The van der Waals surface area contributed by atoms with Gasteiger partial charge in [-0.1, -0.05) is 60.9 Å². The smallest absolute Gasteiger partial charge is 0.328 e. The van der Waals surface area contributed by atoms with E-state index in [1.165, 1.54) is 17.2 Å². The molecule has 1 aliphatic heterocycles. The third-order valence-electron chi connectivity index (χ3n) is 12.3. The van der Waals surface area contributed by atoms with Crippen molar-refractivity contribution in [3.63, 3.8) is 0 Å². The summed E-state index contributed by atoms with van der Waals surface area (Å²) < 4.78 is 0. The van der Waals surface area contributed by atoms with Gasteiger partial charge in [0.1, 0.15) is 12.6 Å². The molecule has 9 atom stereocenters. The number of aliphatic imine (C=N–C) groups is 1. The lowest BCUT2D eigenvalue weighted by Gasteiger charge is -2.51. The average Bonchev–Trinajstić information content (AvgIpc) is 3.70. The number of nitrogens with one attached hydrogen (secondary N) is 2. The Labute approximate surface area is 323 Å². The van der Waals surface area contributed by atoms with Gasteiger partial charge in [-0.05, 0) is 127 Å². The first kappa shape index (κ1) is 40.2. The van der Waals surface area contributed by atoms with Crippen LogP contribution in [0.1, 0.15) is 99.2 Å². The molecular weight excluding hydrogens is 697 g/mol. The second-order valence-electron chi connectivity index (χ2n) is 15.9. The van der Waals surface area contributed by atoms with Crippen molar-refractivity contribution in [2.75, 3.05) is 13.2 Å². The fourth-order valence-corrected chi connectivity index (χ4v) is 9.67. The first-order chi connectivity index (χ1) is 26.7. The number of aliphatic hydroxyl groups is 2. The molecule has 1 aromatic heterocycles. The predicted molar refractivity (Wildman–Crippen MR) is 214 cm³/mol. The number of aldehydes is 2. The molecule has 296 valence electrons. The summed E-state index contributed by atoms with van der Waals surface area (Å²) in [5.41, 5.74) is 17.1. The Morgan fingerprint density at radius 2 is 1.84 bits per heavy atom. The van der Waals surface area contributed by atoms with Crippen LogP contribution in [-0.4, -0.2) is 82.2 Å². The molecule has 3 aliphatic rings. The van der Waals surface area contributed by atoms with Gasteiger partial charge in [-0.2, -0.15) is 0 Å². The fourth-order valence-electron chi connectivity index (χ4n) is 9.67. The number of hydrogen-bond donors (Lipinski definition) is 7. The van der Waals surface area contributed by atoms with E-state index < -0.39 is 18.1 Å². The maximum atomic E-state index is 12.6. The fraction of sp³-hybridized carbons (Fsp3) is 0.535. The lowest BCUT2D eigenvalue weighted by molar-refractivity contribution is -0.131. The minimum Gasteiger partial charge on any atom is -0.478 e. The van der Waals surface area contributed by atoms with Crippen molar-refractivity contribution < 1.29 is 29.7 Å². The Balaban J connectivity index is 1.36. The number of carboxylic acids is 1. The van der Waals surface area contributed by atoms with E-state index in [2.05, 4.69) is 39.6 Å². The van der Waals surface area contributed by atoms with Gasteiger partial charge in [0.05, 0.1) is 18.7 Å². The molecule has 12 heteroatoms. The highest BCUT2D eigenvalue weighted by molar-refractivity contribution is 5.86. The Morgan fingerprint density at radius 3 is 2.56 bits per heavy atom. The van der Waals surface area contributed by atoms with Crippen molar-refractivity contribution in [3.8, 4) is 0 Å². The van der Waals surface area contributed by atoms with Crippen LogP contribution in [0.15, 0.2) is 65.3 Å². The number of aliphatic carboxylic acids is 1. The number of aromatic nitrogens is 1. The summed E-state index contributed by atoms with van der Waals surface area (Å²) in [6, 6.07) is 13.2. The number of benzene rings is 2. The predicted octanol–water partition coefficient (Wildman–Crippen LogP) is 5.49. The highest BCUT2D eigenvalue weighted by Gasteiger charge is 2.46. The van der Waals surface area contributed by atoms with Gasteiger partial charge < -0.3 is 52.0 Å². The molecule has 3 aromatic rings. The van der Waals surface area contributed by atoms with Gasteiger partial charge in [-0.3, -0.25) is 0 Å². The van der Waals surface area contributed by atoms with Gasteiger partial charge in [0.2, 0.25) is 0 Å². The number of carbonyl (C=O) groups is 3. The molecule has 1 fully saturated rings. The SMILES string of the molecule is NC1=N[C@H](/C(=C\C(=O)O)[C@H]([N-]c2ccc[nH]2)[C@@H]2CC[C@@H]3C[C@H]2[C@@H](CCC[C@@H](N)CC[C@H](C=O)CCCO)c2cc4cc(CC=O)ccc4cc23)C[C@H](CO)N1. The van der Waals surface area contributed by atoms with Crippen molar-refractivity contribution in [2.45, 2.75) is 113 Å². The number of nitrogens with zero attached hydrogens (tertiary/aromatic N) is 2. The van der Waals surface area contributed by atoms with E-state index in [-0.39, 0.29) is 54.9 Å². The average molecular weight is 754 g/mol. The number of fused-ring (bicyclic) bond motifs is 5. The van der Waals surface area contributed by atoms with Crippen molar-refractivity contribution in [3.05, 3.63) is 82.3 Å². The third kappa shape index (κ3) is 9.84. The molecule has 2 heterocycles. The normalized spacial score (nSPS) is 25.2. The van der Waals surface area contributed by atoms with Gasteiger partial charge >= 0.3 is 5.97 Å². The van der Waals surface area contributed by atoms with Crippen LogP contribution in [0.25, 0.3) is 16.1 Å². The van der Waals surface area contributed by atoms with Gasteiger partial charge in [0.15, 0.2) is 5.96 Å². The van der Waals surface area contributed by atoms with E-state index in [9.17, 15) is 29.7 Å². The number of hydrogen-bond acceptors (Lipinski definition) is 9. The van der Waals surface area contributed by atoms with Gasteiger partial charge in [-0.25, -0.2) is 9.79 Å². The lowest BCUT2D eigenvalue weighted by Crippen LogP contribution is -2.50. The standard InChI is InChI=1S/C43H57N6O6/c44-31(12-9-27(24-52)4-3-16-50)5-1-6-33-36-20-29(35-19-28-10-8-26(14-17-51)18-30(28)21-37(33)35)11-13-34(36)42(49-40-7-2-15-46-40)38(23-41(54)55)39-22-32(25-53)47-43(45)48-39/h2,7-8,10,15,17-19,21,23-24,27,29,31-34,36,39,42,46,50,53H,1,3-6,9,11-14,16,20,22,25,44H2,(H,54,55)(H3,45,47,48)/q-1/b38-23+/t27-,29-,31-,32-,33-,34-,36+,39+,42-/m1/s1. The van der Waals surface area contributed by atoms with Crippen LogP contribution in [0.2, 0.25) is 0 Å². The van der Waals surface area contributed by atoms with Gasteiger partial charge in [0.25, 0.3) is 0 Å². The minimum absolute atomic E-state index is 0.00664. The van der Waals surface area contributed by atoms with Crippen LogP contribution in [0, 0.1) is 17.8 Å². The molecule has 12 nitrogen and oxygen atoms in total.